The minimum atomic E-state index is -3.07. The van der Waals surface area contributed by atoms with Crippen LogP contribution in [-0.4, -0.2) is 26.0 Å². The van der Waals surface area contributed by atoms with E-state index in [1.165, 1.54) is 0 Å². The van der Waals surface area contributed by atoms with Gasteiger partial charge in [-0.25, -0.2) is 0 Å². The van der Waals surface area contributed by atoms with Crippen molar-refractivity contribution in [3.05, 3.63) is 35.9 Å². The van der Waals surface area contributed by atoms with Crippen LogP contribution in [0.15, 0.2) is 30.4 Å². The Morgan fingerprint density at radius 2 is 1.95 bits per heavy atom. The molecule has 0 aliphatic carbocycles. The quantitative estimate of drug-likeness (QED) is 0.425. The van der Waals surface area contributed by atoms with Gasteiger partial charge >= 0.3 is 7.60 Å². The summed E-state index contributed by atoms with van der Waals surface area (Å²) >= 11 is 0. The summed E-state index contributed by atoms with van der Waals surface area (Å²) in [6, 6.07) is 6.87. The average Bonchev–Trinajstić information content (AvgIpc) is 2.47. The molecule has 0 aliphatic heterocycles. The number of hydrogen-bond donors (Lipinski definition) is 1. The summed E-state index contributed by atoms with van der Waals surface area (Å²) in [5, 5.41) is 8.98. The topological polar surface area (TPSA) is 94.6 Å². The monoisotopic (exact) mass is 324 g/mol. The fourth-order valence-corrected chi connectivity index (χ4v) is 3.18. The third-order valence-corrected chi connectivity index (χ3v) is 4.57. The molecule has 0 saturated heterocycles. The molecule has 0 radical (unpaired) electrons. The number of hydrogen-bond acceptors (Lipinski definition) is 6. The fourth-order valence-electron chi connectivity index (χ4n) is 1.70. The highest BCUT2D eigenvalue weighted by atomic mass is 31.2. The Kier molecular flexibility index (Phi) is 7.69. The molecule has 2 N–H and O–H groups in total. The zero-order valence-electron chi connectivity index (χ0n) is 12.8. The van der Waals surface area contributed by atoms with E-state index in [2.05, 4.69) is 0 Å². The van der Waals surface area contributed by atoms with E-state index in [1.807, 2.05) is 6.07 Å². The van der Waals surface area contributed by atoms with Crippen LogP contribution in [0.2, 0.25) is 0 Å². The molecular weight excluding hydrogens is 303 g/mol. The van der Waals surface area contributed by atoms with Crippen LogP contribution in [0.25, 0.3) is 0 Å². The molecule has 0 bridgehead atoms. The van der Waals surface area contributed by atoms with Gasteiger partial charge in [0, 0.05) is 11.8 Å². The van der Waals surface area contributed by atoms with E-state index >= 15 is 0 Å². The highest BCUT2D eigenvalue weighted by Crippen LogP contribution is 2.47. The molecule has 0 saturated carbocycles. The first-order chi connectivity index (χ1) is 10.5. The third-order valence-electron chi connectivity index (χ3n) is 2.61. The van der Waals surface area contributed by atoms with Gasteiger partial charge < -0.3 is 19.5 Å². The van der Waals surface area contributed by atoms with Crippen LogP contribution in [0, 0.1) is 11.3 Å². The Morgan fingerprint density at radius 3 is 2.55 bits per heavy atom. The summed E-state index contributed by atoms with van der Waals surface area (Å²) in [4.78, 5) is 0. The number of nitrogens with two attached hydrogens (primary N) is 1. The summed E-state index contributed by atoms with van der Waals surface area (Å²) in [5.41, 5.74) is 6.60. The molecule has 22 heavy (non-hydrogen) atoms. The lowest BCUT2D eigenvalue weighted by molar-refractivity contribution is 0.222. The smallest absolute Gasteiger partial charge is 0.334 e. The number of anilines is 1. The number of nitrogen functional groups attached to an aromatic ring is 1. The van der Waals surface area contributed by atoms with Gasteiger partial charge in [0.05, 0.1) is 24.9 Å². The number of ether oxygens (including phenoxy) is 1. The van der Waals surface area contributed by atoms with Gasteiger partial charge in [0.1, 0.15) is 18.4 Å². The first kappa shape index (κ1) is 18.2. The Labute approximate surface area is 131 Å². The normalized spacial score (nSPS) is 11.5. The first-order valence-electron chi connectivity index (χ1n) is 7.00. The molecule has 1 aromatic rings. The zero-order chi connectivity index (χ0) is 16.4. The molecule has 1 rings (SSSR count). The molecule has 6 nitrogen and oxygen atoms in total. The fraction of sp³-hybridized carbons (Fsp3) is 0.400. The summed E-state index contributed by atoms with van der Waals surface area (Å²) in [6.07, 6.45) is 3.57. The van der Waals surface area contributed by atoms with Crippen LogP contribution < -0.4 is 10.5 Å². The minimum absolute atomic E-state index is 0.181. The van der Waals surface area contributed by atoms with Crippen LogP contribution in [0.5, 0.6) is 5.75 Å². The molecule has 1 aromatic carbocycles. The molecule has 0 atom stereocenters. The molecule has 0 amide bonds. The SMILES string of the molecule is CCOP(=O)(C/C=C/COc1cc(N)ccc1C#N)OCC. The number of nitrogens with zero attached hydrogens (tertiary/aromatic N) is 1. The second-order valence-electron chi connectivity index (χ2n) is 4.28. The molecular formula is C15H21N2O4P. The van der Waals surface area contributed by atoms with E-state index in [0.29, 0.717) is 30.2 Å². The maximum absolute atomic E-state index is 12.2. The molecule has 0 heterocycles. The van der Waals surface area contributed by atoms with Crippen molar-refractivity contribution in [1.82, 2.24) is 0 Å². The molecule has 0 aromatic heterocycles. The van der Waals surface area contributed by atoms with Crippen molar-refractivity contribution in [3.63, 3.8) is 0 Å². The lowest BCUT2D eigenvalue weighted by Crippen LogP contribution is -2.00. The van der Waals surface area contributed by atoms with Crippen molar-refractivity contribution in [2.24, 2.45) is 0 Å². The molecule has 7 heteroatoms. The Morgan fingerprint density at radius 1 is 1.27 bits per heavy atom. The summed E-state index contributed by atoms with van der Waals surface area (Å²) < 4.78 is 28.0. The van der Waals surface area contributed by atoms with Gasteiger partial charge in [0.2, 0.25) is 0 Å². The van der Waals surface area contributed by atoms with E-state index in [4.69, 9.17) is 24.8 Å². The van der Waals surface area contributed by atoms with E-state index in [1.54, 1.807) is 44.2 Å². The van der Waals surface area contributed by atoms with Crippen molar-refractivity contribution < 1.29 is 18.3 Å². The van der Waals surface area contributed by atoms with Crippen LogP contribution >= 0.6 is 7.60 Å². The van der Waals surface area contributed by atoms with Gasteiger partial charge in [0.15, 0.2) is 0 Å². The molecule has 120 valence electrons. The Bertz CT molecular complexity index is 586. The lowest BCUT2D eigenvalue weighted by atomic mass is 10.2. The second kappa shape index (κ2) is 9.26. The van der Waals surface area contributed by atoms with Crippen molar-refractivity contribution >= 4 is 13.3 Å². The van der Waals surface area contributed by atoms with Crippen LogP contribution in [0.1, 0.15) is 19.4 Å². The number of nitriles is 1. The van der Waals surface area contributed by atoms with Crippen molar-refractivity contribution in [3.8, 4) is 11.8 Å². The number of benzene rings is 1. The highest BCUT2D eigenvalue weighted by Gasteiger charge is 2.20. The standard InChI is InChI=1S/C15H21N2O4P/c1-3-20-22(18,21-4-2)10-6-5-9-19-15-11-14(17)8-7-13(15)12-16/h5-8,11H,3-4,9-10,17H2,1-2H3/b6-5+. The molecule has 0 spiro atoms. The van der Waals surface area contributed by atoms with Gasteiger partial charge in [-0.3, -0.25) is 4.57 Å². The summed E-state index contributed by atoms with van der Waals surface area (Å²) in [5.74, 6) is 0.421. The summed E-state index contributed by atoms with van der Waals surface area (Å²) in [6.45, 7) is 4.42. The Balaban J connectivity index is 2.55. The average molecular weight is 324 g/mol. The van der Waals surface area contributed by atoms with Crippen molar-refractivity contribution in [2.75, 3.05) is 31.7 Å². The molecule has 0 fully saturated rings. The Hall–Kier alpha value is -1.80. The minimum Gasteiger partial charge on any atom is -0.488 e. The van der Waals surface area contributed by atoms with Gasteiger partial charge in [-0.15, -0.1) is 0 Å². The van der Waals surface area contributed by atoms with Crippen molar-refractivity contribution in [2.45, 2.75) is 13.8 Å². The van der Waals surface area contributed by atoms with E-state index < -0.39 is 7.60 Å². The predicted octanol–water partition coefficient (Wildman–Crippen LogP) is 3.34. The van der Waals surface area contributed by atoms with Gasteiger partial charge in [-0.2, -0.15) is 5.26 Å². The maximum Gasteiger partial charge on any atom is 0.334 e. The molecule has 0 aliphatic rings. The first-order valence-corrected chi connectivity index (χ1v) is 8.73. The van der Waals surface area contributed by atoms with Crippen molar-refractivity contribution in [1.29, 1.82) is 5.26 Å². The largest absolute Gasteiger partial charge is 0.488 e. The molecule has 0 unspecified atom stereocenters. The van der Waals surface area contributed by atoms with Gasteiger partial charge in [-0.05, 0) is 26.0 Å². The van der Waals surface area contributed by atoms with Crippen LogP contribution in [-0.2, 0) is 13.6 Å². The predicted molar refractivity (Wildman–Crippen MR) is 85.9 cm³/mol. The third kappa shape index (κ3) is 5.90. The highest BCUT2D eigenvalue weighted by molar-refractivity contribution is 7.54. The van der Waals surface area contributed by atoms with Gasteiger partial charge in [-0.1, -0.05) is 12.2 Å². The van der Waals surface area contributed by atoms with E-state index in [0.717, 1.165) is 0 Å². The zero-order valence-corrected chi connectivity index (χ0v) is 13.7. The van der Waals surface area contributed by atoms with Gasteiger partial charge in [0.25, 0.3) is 0 Å². The maximum atomic E-state index is 12.2. The van der Waals surface area contributed by atoms with Crippen LogP contribution in [0.3, 0.4) is 0 Å². The summed E-state index contributed by atoms with van der Waals surface area (Å²) in [7, 11) is -3.07. The van der Waals surface area contributed by atoms with E-state index in [9.17, 15) is 4.57 Å². The number of allylic oxidation sites excluding steroid dienone is 1. The van der Waals surface area contributed by atoms with E-state index in [-0.39, 0.29) is 12.8 Å². The lowest BCUT2D eigenvalue weighted by Gasteiger charge is -2.14. The second-order valence-corrected chi connectivity index (χ2v) is 6.38. The number of rotatable bonds is 9. The van der Waals surface area contributed by atoms with Crippen LogP contribution in [0.4, 0.5) is 5.69 Å².